The maximum absolute atomic E-state index is 12.2. The molecule has 1 aromatic heterocycles. The molecule has 2 N–H and O–H groups in total. The molecule has 27 heavy (non-hydrogen) atoms. The molecule has 0 fully saturated rings. The van der Waals surface area contributed by atoms with E-state index in [1.165, 1.54) is 0 Å². The number of hydrogen-bond acceptors (Lipinski definition) is 6. The lowest BCUT2D eigenvalue weighted by atomic mass is 10.1. The van der Waals surface area contributed by atoms with Crippen molar-refractivity contribution in [1.82, 2.24) is 9.97 Å². The maximum atomic E-state index is 12.2. The van der Waals surface area contributed by atoms with E-state index in [-0.39, 0.29) is 19.1 Å². The second kappa shape index (κ2) is 6.14. The van der Waals surface area contributed by atoms with Gasteiger partial charge in [-0.25, -0.2) is 9.97 Å². The SMILES string of the molecule is O=C1Cc2cnc(Nc3ccc4c(c3)OCO4)nc2-c2ccc(Cl)cc2N1. The smallest absolute Gasteiger partial charge is 0.231 e. The van der Waals surface area contributed by atoms with Crippen molar-refractivity contribution in [2.24, 2.45) is 0 Å². The van der Waals surface area contributed by atoms with Gasteiger partial charge in [0.1, 0.15) is 0 Å². The first-order valence-electron chi connectivity index (χ1n) is 8.28. The molecule has 7 nitrogen and oxygen atoms in total. The van der Waals surface area contributed by atoms with Gasteiger partial charge >= 0.3 is 0 Å². The Kier molecular flexibility index (Phi) is 3.61. The largest absolute Gasteiger partial charge is 0.454 e. The van der Waals surface area contributed by atoms with Crippen molar-refractivity contribution in [2.75, 3.05) is 17.4 Å². The summed E-state index contributed by atoms with van der Waals surface area (Å²) in [6.45, 7) is 0.217. The second-order valence-electron chi connectivity index (χ2n) is 6.18. The molecule has 0 saturated heterocycles. The molecule has 0 saturated carbocycles. The van der Waals surface area contributed by atoms with Gasteiger partial charge in [0, 0.05) is 34.1 Å². The third kappa shape index (κ3) is 2.92. The van der Waals surface area contributed by atoms with Gasteiger partial charge in [0.25, 0.3) is 0 Å². The van der Waals surface area contributed by atoms with Crippen LogP contribution >= 0.6 is 11.6 Å². The first-order valence-corrected chi connectivity index (χ1v) is 8.66. The van der Waals surface area contributed by atoms with Crippen LogP contribution in [-0.4, -0.2) is 22.7 Å². The number of benzene rings is 2. The number of nitrogens with one attached hydrogen (secondary N) is 2. The van der Waals surface area contributed by atoms with Crippen molar-refractivity contribution in [3.8, 4) is 22.8 Å². The first kappa shape index (κ1) is 15.9. The Morgan fingerprint density at radius 3 is 2.93 bits per heavy atom. The molecule has 2 aliphatic rings. The van der Waals surface area contributed by atoms with Gasteiger partial charge in [0.15, 0.2) is 11.5 Å². The van der Waals surface area contributed by atoms with Crippen LogP contribution < -0.4 is 20.1 Å². The van der Waals surface area contributed by atoms with Gasteiger partial charge in [0.05, 0.1) is 17.8 Å². The highest BCUT2D eigenvalue weighted by atomic mass is 35.5. The highest BCUT2D eigenvalue weighted by Crippen LogP contribution is 2.36. The third-order valence-electron chi connectivity index (χ3n) is 4.36. The zero-order valence-electron chi connectivity index (χ0n) is 14.0. The summed E-state index contributed by atoms with van der Waals surface area (Å²) in [4.78, 5) is 21.1. The van der Waals surface area contributed by atoms with E-state index in [1.54, 1.807) is 18.3 Å². The zero-order chi connectivity index (χ0) is 18.4. The van der Waals surface area contributed by atoms with E-state index < -0.39 is 0 Å². The summed E-state index contributed by atoms with van der Waals surface area (Å²) in [6, 6.07) is 10.9. The van der Waals surface area contributed by atoms with E-state index >= 15 is 0 Å². The molecule has 0 bridgehead atoms. The van der Waals surface area contributed by atoms with E-state index in [0.717, 1.165) is 16.8 Å². The number of carbonyl (C=O) groups excluding carboxylic acids is 1. The molecular weight excluding hydrogens is 368 g/mol. The Labute approximate surface area is 159 Å². The highest BCUT2D eigenvalue weighted by molar-refractivity contribution is 6.31. The van der Waals surface area contributed by atoms with Crippen molar-refractivity contribution >= 4 is 34.8 Å². The van der Waals surface area contributed by atoms with Crippen LogP contribution in [0.25, 0.3) is 11.3 Å². The Hall–Kier alpha value is -3.32. The normalized spacial score (nSPS) is 14.0. The average molecular weight is 381 g/mol. The summed E-state index contributed by atoms with van der Waals surface area (Å²) in [5, 5.41) is 6.58. The Morgan fingerprint density at radius 1 is 1.11 bits per heavy atom. The summed E-state index contributed by atoms with van der Waals surface area (Å²) in [6.07, 6.45) is 1.87. The van der Waals surface area contributed by atoms with Crippen LogP contribution in [0.1, 0.15) is 5.56 Å². The lowest BCUT2D eigenvalue weighted by Crippen LogP contribution is -2.12. The van der Waals surface area contributed by atoms with Crippen LogP contribution in [-0.2, 0) is 11.2 Å². The number of halogens is 1. The quantitative estimate of drug-likeness (QED) is 0.704. The molecule has 0 aliphatic carbocycles. The average Bonchev–Trinajstić information content (AvgIpc) is 3.06. The number of hydrogen-bond donors (Lipinski definition) is 2. The van der Waals surface area contributed by atoms with E-state index in [2.05, 4.69) is 20.6 Å². The van der Waals surface area contributed by atoms with Crippen LogP contribution in [0.15, 0.2) is 42.6 Å². The predicted octanol–water partition coefficient (Wildman–Crippen LogP) is 3.76. The van der Waals surface area contributed by atoms with Crippen molar-refractivity contribution in [3.63, 3.8) is 0 Å². The molecule has 134 valence electrons. The number of carbonyl (C=O) groups is 1. The van der Waals surface area contributed by atoms with Gasteiger partial charge in [-0.3, -0.25) is 4.79 Å². The minimum Gasteiger partial charge on any atom is -0.454 e. The number of fused-ring (bicyclic) bond motifs is 4. The van der Waals surface area contributed by atoms with Crippen molar-refractivity contribution in [2.45, 2.75) is 6.42 Å². The molecule has 2 aromatic carbocycles. The van der Waals surface area contributed by atoms with Crippen LogP contribution in [0.4, 0.5) is 17.3 Å². The summed E-state index contributed by atoms with van der Waals surface area (Å²) in [5.74, 6) is 1.67. The molecule has 2 aliphatic heterocycles. The van der Waals surface area contributed by atoms with E-state index in [9.17, 15) is 4.79 Å². The molecule has 8 heteroatoms. The van der Waals surface area contributed by atoms with E-state index in [1.807, 2.05) is 24.3 Å². The molecule has 1 amide bonds. The van der Waals surface area contributed by atoms with Gasteiger partial charge < -0.3 is 20.1 Å². The monoisotopic (exact) mass is 380 g/mol. The number of aromatic nitrogens is 2. The van der Waals surface area contributed by atoms with Crippen LogP contribution in [0, 0.1) is 0 Å². The fraction of sp³-hybridized carbons (Fsp3) is 0.105. The predicted molar refractivity (Wildman–Crippen MR) is 101 cm³/mol. The Balaban J connectivity index is 1.54. The van der Waals surface area contributed by atoms with E-state index in [0.29, 0.717) is 33.9 Å². The summed E-state index contributed by atoms with van der Waals surface area (Å²) in [7, 11) is 0. The molecule has 0 unspecified atom stereocenters. The van der Waals surface area contributed by atoms with E-state index in [4.69, 9.17) is 21.1 Å². The van der Waals surface area contributed by atoms with Crippen LogP contribution in [0.5, 0.6) is 11.5 Å². The van der Waals surface area contributed by atoms with Gasteiger partial charge in [0.2, 0.25) is 18.6 Å². The third-order valence-corrected chi connectivity index (χ3v) is 4.59. The number of ether oxygens (including phenoxy) is 2. The number of nitrogens with zero attached hydrogens (tertiary/aromatic N) is 2. The molecule has 3 heterocycles. The molecular formula is C19H13ClN4O3. The standard InChI is InChI=1S/C19H13ClN4O3/c20-11-1-3-13-14(6-11)23-17(25)5-10-8-21-19(24-18(10)13)22-12-2-4-15-16(7-12)27-9-26-15/h1-4,6-8H,5,9H2,(H,23,25)(H,21,22,24). The molecule has 0 spiro atoms. The second-order valence-corrected chi connectivity index (χ2v) is 6.61. The minimum atomic E-state index is -0.127. The number of anilines is 3. The fourth-order valence-electron chi connectivity index (χ4n) is 3.13. The molecule has 5 rings (SSSR count). The van der Waals surface area contributed by atoms with Crippen molar-refractivity contribution < 1.29 is 14.3 Å². The summed E-state index contributed by atoms with van der Waals surface area (Å²) >= 11 is 6.07. The van der Waals surface area contributed by atoms with Crippen molar-refractivity contribution in [1.29, 1.82) is 0 Å². The lowest BCUT2D eigenvalue weighted by molar-refractivity contribution is -0.115. The fourth-order valence-corrected chi connectivity index (χ4v) is 3.30. The van der Waals surface area contributed by atoms with Gasteiger partial charge in [-0.1, -0.05) is 11.6 Å². The summed E-state index contributed by atoms with van der Waals surface area (Å²) in [5.41, 5.74) is 3.66. The maximum Gasteiger partial charge on any atom is 0.231 e. The highest BCUT2D eigenvalue weighted by Gasteiger charge is 2.21. The topological polar surface area (TPSA) is 85.4 Å². The zero-order valence-corrected chi connectivity index (χ0v) is 14.7. The number of rotatable bonds is 2. The van der Waals surface area contributed by atoms with Crippen molar-refractivity contribution in [3.05, 3.63) is 53.2 Å². The first-order chi connectivity index (χ1) is 13.2. The van der Waals surface area contributed by atoms with Gasteiger partial charge in [-0.2, -0.15) is 0 Å². The summed E-state index contributed by atoms with van der Waals surface area (Å²) < 4.78 is 10.7. The lowest BCUT2D eigenvalue weighted by Gasteiger charge is -2.11. The number of amides is 1. The Morgan fingerprint density at radius 2 is 2.00 bits per heavy atom. The minimum absolute atomic E-state index is 0.127. The van der Waals surface area contributed by atoms with Gasteiger partial charge in [-0.05, 0) is 30.3 Å². The van der Waals surface area contributed by atoms with Crippen LogP contribution in [0.2, 0.25) is 5.02 Å². The molecule has 0 radical (unpaired) electrons. The molecule has 3 aromatic rings. The Bertz CT molecular complexity index is 1090. The molecule has 0 atom stereocenters. The van der Waals surface area contributed by atoms with Crippen LogP contribution in [0.3, 0.4) is 0 Å². The van der Waals surface area contributed by atoms with Gasteiger partial charge in [-0.15, -0.1) is 0 Å².